The van der Waals surface area contributed by atoms with Crippen molar-refractivity contribution in [3.05, 3.63) is 29.1 Å². The second kappa shape index (κ2) is 1.95. The maximum Gasteiger partial charge on any atom is 0.131 e. The summed E-state index contributed by atoms with van der Waals surface area (Å²) < 4.78 is 5.16. The van der Waals surface area contributed by atoms with E-state index in [-0.39, 0.29) is 0 Å². The van der Waals surface area contributed by atoms with Gasteiger partial charge >= 0.3 is 0 Å². The predicted octanol–water partition coefficient (Wildman–Crippen LogP) is 2.50. The van der Waals surface area contributed by atoms with Crippen molar-refractivity contribution in [3.8, 4) is 0 Å². The van der Waals surface area contributed by atoms with Gasteiger partial charge in [0, 0.05) is 11.3 Å². The molecule has 1 aromatic heterocycles. The van der Waals surface area contributed by atoms with Gasteiger partial charge in [0.05, 0.1) is 6.26 Å². The molecule has 0 bridgehead atoms. The molecule has 1 nitrogen and oxygen atoms in total. The number of hydrogen-bond acceptors (Lipinski definition) is 2. The van der Waals surface area contributed by atoms with Crippen LogP contribution in [0.2, 0.25) is 0 Å². The summed E-state index contributed by atoms with van der Waals surface area (Å²) in [4.78, 5) is 0. The third-order valence-corrected chi connectivity index (χ3v) is 2.14. The van der Waals surface area contributed by atoms with Crippen LogP contribution in [0.15, 0.2) is 22.2 Å². The molecule has 0 fully saturated rings. The molecule has 0 aromatic carbocycles. The number of thioether (sulfide) groups is 1. The molecule has 1 aromatic rings. The highest BCUT2D eigenvalue weighted by atomic mass is 32.2. The first-order valence-corrected chi connectivity index (χ1v) is 3.86. The van der Waals surface area contributed by atoms with Crippen molar-refractivity contribution in [1.29, 1.82) is 0 Å². The van der Waals surface area contributed by atoms with Crippen molar-refractivity contribution < 1.29 is 4.42 Å². The number of fused-ring (bicyclic) bond motifs is 1. The standard InChI is InChI=1S/C7H6OS/c1-3-8-7-2-4-9-5-6(1)7/h1-4H,5H2. The maximum absolute atomic E-state index is 5.16. The zero-order valence-electron chi connectivity index (χ0n) is 4.83. The molecule has 1 aliphatic heterocycles. The third-order valence-electron chi connectivity index (χ3n) is 1.34. The van der Waals surface area contributed by atoms with E-state index in [4.69, 9.17) is 4.42 Å². The molecule has 2 heteroatoms. The maximum atomic E-state index is 5.16. The van der Waals surface area contributed by atoms with Crippen LogP contribution >= 0.6 is 11.8 Å². The lowest BCUT2D eigenvalue weighted by molar-refractivity contribution is 0.554. The molecule has 0 N–H and O–H groups in total. The molecule has 0 atom stereocenters. The van der Waals surface area contributed by atoms with E-state index in [1.54, 1.807) is 18.0 Å². The van der Waals surface area contributed by atoms with Crippen LogP contribution in [0, 0.1) is 0 Å². The first-order chi connectivity index (χ1) is 4.47. The van der Waals surface area contributed by atoms with Crippen LogP contribution in [0.3, 0.4) is 0 Å². The lowest BCUT2D eigenvalue weighted by Crippen LogP contribution is -1.81. The minimum atomic E-state index is 1.02. The molecule has 9 heavy (non-hydrogen) atoms. The molecular weight excluding hydrogens is 132 g/mol. The van der Waals surface area contributed by atoms with Crippen molar-refractivity contribution in [2.24, 2.45) is 0 Å². The second-order valence-corrected chi connectivity index (χ2v) is 2.82. The van der Waals surface area contributed by atoms with Gasteiger partial charge in [-0.2, -0.15) is 0 Å². The van der Waals surface area contributed by atoms with Crippen molar-refractivity contribution in [2.45, 2.75) is 5.75 Å². The first-order valence-electron chi connectivity index (χ1n) is 2.81. The summed E-state index contributed by atoms with van der Waals surface area (Å²) in [6.45, 7) is 0. The third kappa shape index (κ3) is 0.793. The summed E-state index contributed by atoms with van der Waals surface area (Å²) >= 11 is 1.80. The molecular formula is C7H6OS. The Kier molecular flexibility index (Phi) is 1.12. The minimum Gasteiger partial charge on any atom is -0.465 e. The average Bonchev–Trinajstić information content (AvgIpc) is 2.33. The normalized spacial score (nSPS) is 15.6. The molecule has 0 aliphatic carbocycles. The van der Waals surface area contributed by atoms with Gasteiger partial charge in [-0.05, 0) is 17.6 Å². The Morgan fingerprint density at radius 3 is 3.44 bits per heavy atom. The Bertz CT molecular complexity index is 237. The Balaban J connectivity index is 2.53. The van der Waals surface area contributed by atoms with Crippen LogP contribution in [0.4, 0.5) is 0 Å². The van der Waals surface area contributed by atoms with Crippen LogP contribution < -0.4 is 0 Å². The largest absolute Gasteiger partial charge is 0.465 e. The van der Waals surface area contributed by atoms with Crippen molar-refractivity contribution >= 4 is 17.8 Å². The highest BCUT2D eigenvalue weighted by Gasteiger charge is 2.05. The van der Waals surface area contributed by atoms with Gasteiger partial charge in [0.2, 0.25) is 0 Å². The summed E-state index contributed by atoms with van der Waals surface area (Å²) in [5.41, 5.74) is 1.31. The monoisotopic (exact) mass is 138 g/mol. The Hall–Kier alpha value is -0.630. The molecule has 0 radical (unpaired) electrons. The fraction of sp³-hybridized carbons (Fsp3) is 0.143. The van der Waals surface area contributed by atoms with Gasteiger partial charge in [0.1, 0.15) is 5.76 Å². The molecule has 2 rings (SSSR count). The molecule has 0 spiro atoms. The van der Waals surface area contributed by atoms with Gasteiger partial charge in [-0.15, -0.1) is 11.8 Å². The zero-order valence-corrected chi connectivity index (χ0v) is 5.65. The fourth-order valence-corrected chi connectivity index (χ4v) is 1.59. The molecule has 46 valence electrons. The van der Waals surface area contributed by atoms with Gasteiger partial charge in [-0.3, -0.25) is 0 Å². The lowest BCUT2D eigenvalue weighted by Gasteiger charge is -1.99. The highest BCUT2D eigenvalue weighted by molar-refractivity contribution is 8.01. The minimum absolute atomic E-state index is 1.02. The van der Waals surface area contributed by atoms with Crippen LogP contribution in [0.5, 0.6) is 0 Å². The smallest absolute Gasteiger partial charge is 0.131 e. The fourth-order valence-electron chi connectivity index (χ4n) is 0.861. The SMILES string of the molecule is C1=Cc2occc2CS1. The molecule has 2 heterocycles. The van der Waals surface area contributed by atoms with E-state index in [0.717, 1.165) is 11.5 Å². The van der Waals surface area contributed by atoms with E-state index in [0.29, 0.717) is 0 Å². The summed E-state index contributed by atoms with van der Waals surface area (Å²) in [5, 5.41) is 2.06. The van der Waals surface area contributed by atoms with Crippen LogP contribution in [-0.2, 0) is 5.75 Å². The van der Waals surface area contributed by atoms with E-state index in [1.807, 2.05) is 12.1 Å². The van der Waals surface area contributed by atoms with Crippen molar-refractivity contribution in [2.75, 3.05) is 0 Å². The van der Waals surface area contributed by atoms with Crippen molar-refractivity contribution in [1.82, 2.24) is 0 Å². The first kappa shape index (κ1) is 5.18. The Morgan fingerprint density at radius 1 is 1.56 bits per heavy atom. The van der Waals surface area contributed by atoms with E-state index in [9.17, 15) is 0 Å². The summed E-state index contributed by atoms with van der Waals surface area (Å²) in [7, 11) is 0. The Labute approximate surface area is 57.7 Å². The molecule has 0 saturated carbocycles. The summed E-state index contributed by atoms with van der Waals surface area (Å²) in [6.07, 6.45) is 3.74. The van der Waals surface area contributed by atoms with E-state index >= 15 is 0 Å². The zero-order chi connectivity index (χ0) is 6.10. The summed E-state index contributed by atoms with van der Waals surface area (Å²) in [6, 6.07) is 2.02. The molecule has 0 saturated heterocycles. The molecule has 0 unspecified atom stereocenters. The molecule has 1 aliphatic rings. The van der Waals surface area contributed by atoms with E-state index in [1.165, 1.54) is 5.56 Å². The Morgan fingerprint density at radius 2 is 2.56 bits per heavy atom. The second-order valence-electron chi connectivity index (χ2n) is 1.92. The topological polar surface area (TPSA) is 13.1 Å². The summed E-state index contributed by atoms with van der Waals surface area (Å²) in [5.74, 6) is 2.08. The van der Waals surface area contributed by atoms with Gasteiger partial charge in [-0.25, -0.2) is 0 Å². The van der Waals surface area contributed by atoms with Crippen LogP contribution in [0.25, 0.3) is 6.08 Å². The molecule has 0 amide bonds. The van der Waals surface area contributed by atoms with E-state index in [2.05, 4.69) is 5.41 Å². The van der Waals surface area contributed by atoms with Gasteiger partial charge in [-0.1, -0.05) is 0 Å². The van der Waals surface area contributed by atoms with Crippen LogP contribution in [0.1, 0.15) is 11.3 Å². The number of rotatable bonds is 0. The van der Waals surface area contributed by atoms with Gasteiger partial charge in [0.15, 0.2) is 0 Å². The number of furan rings is 1. The number of hydrogen-bond donors (Lipinski definition) is 0. The average molecular weight is 138 g/mol. The van der Waals surface area contributed by atoms with Crippen LogP contribution in [-0.4, -0.2) is 0 Å². The van der Waals surface area contributed by atoms with Gasteiger partial charge < -0.3 is 4.42 Å². The highest BCUT2D eigenvalue weighted by Crippen LogP contribution is 2.25. The predicted molar refractivity (Wildman–Crippen MR) is 39.0 cm³/mol. The van der Waals surface area contributed by atoms with E-state index < -0.39 is 0 Å². The quantitative estimate of drug-likeness (QED) is 0.546. The lowest BCUT2D eigenvalue weighted by atomic mass is 10.3. The van der Waals surface area contributed by atoms with Gasteiger partial charge in [0.25, 0.3) is 0 Å². The van der Waals surface area contributed by atoms with Crippen molar-refractivity contribution in [3.63, 3.8) is 0 Å².